The second-order valence-corrected chi connectivity index (χ2v) is 8.24. The van der Waals surface area contributed by atoms with Crippen molar-refractivity contribution in [3.63, 3.8) is 0 Å². The highest BCUT2D eigenvalue weighted by atomic mass is 32.1. The lowest BCUT2D eigenvalue weighted by atomic mass is 9.98. The van der Waals surface area contributed by atoms with E-state index < -0.39 is 0 Å². The number of methoxy groups -OCH3 is 1. The highest BCUT2D eigenvalue weighted by Crippen LogP contribution is 2.30. The number of aryl methyl sites for hydroxylation is 1. The summed E-state index contributed by atoms with van der Waals surface area (Å²) in [4.78, 5) is 24.1. The first-order chi connectivity index (χ1) is 14.0. The third-order valence-electron chi connectivity index (χ3n) is 5.19. The largest absolute Gasteiger partial charge is 0.496 e. The van der Waals surface area contributed by atoms with Gasteiger partial charge in [-0.05, 0) is 25.8 Å². The molecule has 1 amide bonds. The van der Waals surface area contributed by atoms with E-state index in [1.54, 1.807) is 13.3 Å². The SMILES string of the molecule is COc1ccccc1Cc1cnc([C@@H]2CCCN(C(=O)c3sc(N)nc3C)C2)o1. The van der Waals surface area contributed by atoms with Gasteiger partial charge >= 0.3 is 0 Å². The normalized spacial score (nSPS) is 16.8. The zero-order valence-electron chi connectivity index (χ0n) is 16.6. The summed E-state index contributed by atoms with van der Waals surface area (Å²) in [6.45, 7) is 3.13. The molecule has 2 N–H and O–H groups in total. The molecule has 1 aromatic carbocycles. The summed E-state index contributed by atoms with van der Waals surface area (Å²) in [5.74, 6) is 2.39. The highest BCUT2D eigenvalue weighted by Gasteiger charge is 2.30. The van der Waals surface area contributed by atoms with Crippen LogP contribution in [0.15, 0.2) is 34.9 Å². The maximum Gasteiger partial charge on any atom is 0.265 e. The number of nitrogens with zero attached hydrogens (tertiary/aromatic N) is 3. The van der Waals surface area contributed by atoms with E-state index in [1.165, 1.54) is 11.3 Å². The van der Waals surface area contributed by atoms with E-state index in [0.29, 0.717) is 34.6 Å². The Kier molecular flexibility index (Phi) is 5.53. The molecular formula is C21H24N4O3S. The summed E-state index contributed by atoms with van der Waals surface area (Å²) in [6.07, 6.45) is 4.25. The van der Waals surface area contributed by atoms with Crippen molar-refractivity contribution in [1.82, 2.24) is 14.9 Å². The van der Waals surface area contributed by atoms with Gasteiger partial charge in [0.1, 0.15) is 16.4 Å². The van der Waals surface area contributed by atoms with Crippen LogP contribution in [0.25, 0.3) is 0 Å². The molecule has 4 rings (SSSR count). The summed E-state index contributed by atoms with van der Waals surface area (Å²) < 4.78 is 11.5. The van der Waals surface area contributed by atoms with Gasteiger partial charge in [0.05, 0.1) is 24.9 Å². The molecule has 1 saturated heterocycles. The third-order valence-corrected chi connectivity index (χ3v) is 6.17. The first kappa shape index (κ1) is 19.4. The lowest BCUT2D eigenvalue weighted by molar-refractivity contribution is 0.0702. The molecule has 7 nitrogen and oxygen atoms in total. The number of hydrogen-bond donors (Lipinski definition) is 1. The second-order valence-electron chi connectivity index (χ2n) is 7.21. The number of carbonyl (C=O) groups is 1. The van der Waals surface area contributed by atoms with Gasteiger partial charge < -0.3 is 19.8 Å². The number of thiazole rings is 1. The van der Waals surface area contributed by atoms with Gasteiger partial charge in [-0.1, -0.05) is 29.5 Å². The van der Waals surface area contributed by atoms with Crippen molar-refractivity contribution in [2.24, 2.45) is 0 Å². The van der Waals surface area contributed by atoms with Gasteiger partial charge in [-0.3, -0.25) is 4.79 Å². The Balaban J connectivity index is 1.46. The Morgan fingerprint density at radius 2 is 2.24 bits per heavy atom. The Morgan fingerprint density at radius 1 is 1.41 bits per heavy atom. The van der Waals surface area contributed by atoms with Crippen molar-refractivity contribution in [2.75, 3.05) is 25.9 Å². The van der Waals surface area contributed by atoms with Crippen LogP contribution in [-0.2, 0) is 6.42 Å². The van der Waals surface area contributed by atoms with Crippen LogP contribution in [0.5, 0.6) is 5.75 Å². The summed E-state index contributed by atoms with van der Waals surface area (Å²) >= 11 is 1.25. The number of piperidine rings is 1. The smallest absolute Gasteiger partial charge is 0.265 e. The number of para-hydroxylation sites is 1. The van der Waals surface area contributed by atoms with Crippen LogP contribution < -0.4 is 10.5 Å². The lowest BCUT2D eigenvalue weighted by Crippen LogP contribution is -2.39. The highest BCUT2D eigenvalue weighted by molar-refractivity contribution is 7.17. The number of amides is 1. The fourth-order valence-electron chi connectivity index (χ4n) is 3.75. The van der Waals surface area contributed by atoms with Crippen LogP contribution in [-0.4, -0.2) is 41.0 Å². The van der Waals surface area contributed by atoms with Gasteiger partial charge in [-0.2, -0.15) is 0 Å². The molecule has 0 aliphatic carbocycles. The molecule has 0 unspecified atom stereocenters. The number of likely N-dealkylation sites (tertiary alicyclic amines) is 1. The molecule has 1 aliphatic rings. The van der Waals surface area contributed by atoms with Crippen molar-refractivity contribution in [3.05, 3.63) is 58.2 Å². The Hall–Kier alpha value is -2.87. The van der Waals surface area contributed by atoms with E-state index in [4.69, 9.17) is 14.9 Å². The number of hydrogen-bond acceptors (Lipinski definition) is 7. The Morgan fingerprint density at radius 3 is 3.00 bits per heavy atom. The van der Waals surface area contributed by atoms with E-state index in [2.05, 4.69) is 9.97 Å². The molecule has 2 aromatic heterocycles. The van der Waals surface area contributed by atoms with Gasteiger partial charge in [0, 0.05) is 25.1 Å². The average Bonchev–Trinajstić information content (AvgIpc) is 3.34. The van der Waals surface area contributed by atoms with Crippen molar-refractivity contribution >= 4 is 22.4 Å². The molecule has 0 bridgehead atoms. The maximum absolute atomic E-state index is 12.9. The van der Waals surface area contributed by atoms with Crippen LogP contribution in [0.2, 0.25) is 0 Å². The minimum Gasteiger partial charge on any atom is -0.496 e. The van der Waals surface area contributed by atoms with Crippen LogP contribution in [0.4, 0.5) is 5.13 Å². The molecular weight excluding hydrogens is 388 g/mol. The van der Waals surface area contributed by atoms with E-state index in [1.807, 2.05) is 36.1 Å². The number of rotatable bonds is 5. The molecule has 0 spiro atoms. The quantitative estimate of drug-likeness (QED) is 0.687. The van der Waals surface area contributed by atoms with E-state index >= 15 is 0 Å². The predicted octanol–water partition coefficient (Wildman–Crippen LogP) is 3.64. The molecule has 8 heteroatoms. The molecule has 152 valence electrons. The van der Waals surface area contributed by atoms with Crippen molar-refractivity contribution in [3.8, 4) is 5.75 Å². The van der Waals surface area contributed by atoms with Gasteiger partial charge in [-0.15, -0.1) is 0 Å². The molecule has 0 radical (unpaired) electrons. The molecule has 3 heterocycles. The van der Waals surface area contributed by atoms with Crippen LogP contribution in [0, 0.1) is 6.92 Å². The van der Waals surface area contributed by atoms with E-state index in [9.17, 15) is 4.79 Å². The van der Waals surface area contributed by atoms with Crippen molar-refractivity contribution < 1.29 is 13.9 Å². The van der Waals surface area contributed by atoms with Gasteiger partial charge in [0.15, 0.2) is 11.0 Å². The molecule has 1 aliphatic heterocycles. The minimum atomic E-state index is -0.0119. The van der Waals surface area contributed by atoms with E-state index in [0.717, 1.165) is 36.5 Å². The fraction of sp³-hybridized carbons (Fsp3) is 0.381. The zero-order chi connectivity index (χ0) is 20.4. The average molecular weight is 413 g/mol. The minimum absolute atomic E-state index is 0.0119. The van der Waals surface area contributed by atoms with E-state index in [-0.39, 0.29) is 11.8 Å². The Labute approximate surface area is 173 Å². The number of nitrogen functional groups attached to an aromatic ring is 1. The summed E-state index contributed by atoms with van der Waals surface area (Å²) in [7, 11) is 1.66. The molecule has 29 heavy (non-hydrogen) atoms. The third kappa shape index (κ3) is 4.12. The van der Waals surface area contributed by atoms with Crippen LogP contribution >= 0.6 is 11.3 Å². The molecule has 1 atom stereocenters. The van der Waals surface area contributed by atoms with Gasteiger partial charge in [0.2, 0.25) is 0 Å². The number of anilines is 1. The maximum atomic E-state index is 12.9. The summed E-state index contributed by atoms with van der Waals surface area (Å²) in [5, 5.41) is 0.424. The topological polar surface area (TPSA) is 94.5 Å². The standard InChI is InChI=1S/C21H24N4O3S/c1-13-18(29-21(22)24-13)20(26)25-9-5-7-15(12-25)19-23-11-16(28-19)10-14-6-3-4-8-17(14)27-2/h3-4,6,8,11,15H,5,7,9-10,12H2,1-2H3,(H2,22,24)/t15-/m1/s1. The zero-order valence-corrected chi connectivity index (χ0v) is 17.4. The number of nitrogens with two attached hydrogens (primary N) is 1. The van der Waals surface area contributed by atoms with Crippen molar-refractivity contribution in [2.45, 2.75) is 32.1 Å². The van der Waals surface area contributed by atoms with Crippen LogP contribution in [0.3, 0.4) is 0 Å². The van der Waals surface area contributed by atoms with Crippen LogP contribution in [0.1, 0.15) is 51.3 Å². The summed E-state index contributed by atoms with van der Waals surface area (Å²) in [6, 6.07) is 7.88. The molecule has 3 aromatic rings. The lowest BCUT2D eigenvalue weighted by Gasteiger charge is -2.31. The van der Waals surface area contributed by atoms with Crippen molar-refractivity contribution in [1.29, 1.82) is 0 Å². The number of aromatic nitrogens is 2. The number of benzene rings is 1. The number of carbonyl (C=O) groups excluding carboxylic acids is 1. The first-order valence-corrected chi connectivity index (χ1v) is 10.5. The molecule has 1 fully saturated rings. The number of ether oxygens (including phenoxy) is 1. The number of oxazole rings is 1. The first-order valence-electron chi connectivity index (χ1n) is 9.64. The Bertz CT molecular complexity index is 1010. The summed E-state index contributed by atoms with van der Waals surface area (Å²) in [5.41, 5.74) is 7.50. The van der Waals surface area contributed by atoms with Gasteiger partial charge in [-0.25, -0.2) is 9.97 Å². The monoisotopic (exact) mass is 412 g/mol. The van der Waals surface area contributed by atoms with Gasteiger partial charge in [0.25, 0.3) is 5.91 Å². The second kappa shape index (κ2) is 8.24. The molecule has 0 saturated carbocycles. The predicted molar refractivity (Wildman–Crippen MR) is 111 cm³/mol. The fourth-order valence-corrected chi connectivity index (χ4v) is 4.55.